The van der Waals surface area contributed by atoms with Crippen molar-refractivity contribution in [3.05, 3.63) is 32.8 Å². The Hall–Kier alpha value is -1.23. The fourth-order valence-corrected chi connectivity index (χ4v) is 3.31. The van der Waals surface area contributed by atoms with E-state index in [0.717, 1.165) is 18.9 Å². The number of carbonyl (C=O) groups excluding carboxylic acids is 1. The first kappa shape index (κ1) is 20.8. The van der Waals surface area contributed by atoms with Crippen molar-refractivity contribution < 1.29 is 14.7 Å². The van der Waals surface area contributed by atoms with Gasteiger partial charge in [-0.25, -0.2) is 4.79 Å². The van der Waals surface area contributed by atoms with Crippen LogP contribution in [-0.2, 0) is 9.59 Å². The summed E-state index contributed by atoms with van der Waals surface area (Å²) in [5, 5.41) is 12.4. The molecule has 0 aliphatic carbocycles. The highest BCUT2D eigenvalue weighted by molar-refractivity contribution is 6.44. The minimum absolute atomic E-state index is 0.153. The van der Waals surface area contributed by atoms with Gasteiger partial charge in [0.05, 0.1) is 20.8 Å². The van der Waals surface area contributed by atoms with Crippen molar-refractivity contribution in [2.75, 3.05) is 5.32 Å². The number of carbonyl (C=O) groups is 2. The second-order valence-electron chi connectivity index (χ2n) is 5.31. The lowest BCUT2D eigenvalue weighted by Gasteiger charge is -2.17. The third-order valence-corrected chi connectivity index (χ3v) is 4.30. The molecule has 0 atom stereocenters. The number of unbranched alkanes of at least 4 members (excludes halogenated alkanes) is 1. The summed E-state index contributed by atoms with van der Waals surface area (Å²) in [6.45, 7) is 3.88. The molecule has 0 spiro atoms. The zero-order valence-electron chi connectivity index (χ0n) is 13.6. The number of anilines is 1. The van der Waals surface area contributed by atoms with Gasteiger partial charge in [-0.2, -0.15) is 0 Å². The van der Waals surface area contributed by atoms with Gasteiger partial charge < -0.3 is 10.4 Å². The van der Waals surface area contributed by atoms with Crippen LogP contribution in [0.5, 0.6) is 0 Å². The molecule has 2 N–H and O–H groups in total. The highest BCUT2D eigenvalue weighted by atomic mass is 35.5. The third kappa shape index (κ3) is 5.69. The fraction of sp³-hybridized carbons (Fsp3) is 0.412. The summed E-state index contributed by atoms with van der Waals surface area (Å²) in [6, 6.07) is 1.47. The van der Waals surface area contributed by atoms with Crippen molar-refractivity contribution in [2.45, 2.75) is 46.0 Å². The molecule has 0 saturated carbocycles. The van der Waals surface area contributed by atoms with Crippen molar-refractivity contribution in [2.24, 2.45) is 0 Å². The molecule has 24 heavy (non-hydrogen) atoms. The Kier molecular flexibility index (Phi) is 8.60. The van der Waals surface area contributed by atoms with Crippen molar-refractivity contribution >= 4 is 57.9 Å². The number of nitrogens with one attached hydrogen (secondary N) is 1. The molecule has 0 heterocycles. The Morgan fingerprint density at radius 3 is 2.33 bits per heavy atom. The van der Waals surface area contributed by atoms with Gasteiger partial charge in [0.15, 0.2) is 0 Å². The molecule has 1 rings (SSSR count). The number of amides is 1. The van der Waals surface area contributed by atoms with Gasteiger partial charge in [-0.15, -0.1) is 0 Å². The Bertz CT molecular complexity index is 657. The number of allylic oxidation sites excluding steroid dienone is 1. The molecule has 0 radical (unpaired) electrons. The smallest absolute Gasteiger partial charge is 0.328 e. The minimum Gasteiger partial charge on any atom is -0.478 e. The van der Waals surface area contributed by atoms with Gasteiger partial charge in [0.2, 0.25) is 5.91 Å². The van der Waals surface area contributed by atoms with Crippen LogP contribution < -0.4 is 5.32 Å². The molecule has 0 saturated heterocycles. The number of rotatable bonds is 8. The van der Waals surface area contributed by atoms with Gasteiger partial charge in [0, 0.05) is 18.1 Å². The lowest BCUT2D eigenvalue weighted by molar-refractivity contribution is -0.131. The van der Waals surface area contributed by atoms with E-state index in [9.17, 15) is 9.59 Å². The first-order valence-electron chi connectivity index (χ1n) is 7.72. The Morgan fingerprint density at radius 2 is 1.79 bits per heavy atom. The van der Waals surface area contributed by atoms with Crippen LogP contribution in [0.15, 0.2) is 12.1 Å². The number of hydrogen-bond acceptors (Lipinski definition) is 2. The van der Waals surface area contributed by atoms with Crippen molar-refractivity contribution in [1.82, 2.24) is 0 Å². The number of carboxylic acids is 1. The molecule has 1 aromatic rings. The second-order valence-corrected chi connectivity index (χ2v) is 6.51. The first-order valence-corrected chi connectivity index (χ1v) is 8.86. The predicted octanol–water partition coefficient (Wildman–Crippen LogP) is 6.04. The quantitative estimate of drug-likeness (QED) is 0.530. The van der Waals surface area contributed by atoms with E-state index in [0.29, 0.717) is 30.4 Å². The van der Waals surface area contributed by atoms with Crippen LogP contribution in [0.25, 0.3) is 5.57 Å². The van der Waals surface area contributed by atoms with Crippen molar-refractivity contribution in [3.63, 3.8) is 0 Å². The maximum Gasteiger partial charge on any atom is 0.328 e. The van der Waals surface area contributed by atoms with Crippen LogP contribution in [0.2, 0.25) is 15.1 Å². The van der Waals surface area contributed by atoms with Gasteiger partial charge in [-0.05, 0) is 30.9 Å². The van der Waals surface area contributed by atoms with Gasteiger partial charge in [0.1, 0.15) is 0 Å². The lowest BCUT2D eigenvalue weighted by atomic mass is 9.99. The average Bonchev–Trinajstić information content (AvgIpc) is 2.48. The third-order valence-electron chi connectivity index (χ3n) is 3.33. The maximum absolute atomic E-state index is 11.9. The van der Waals surface area contributed by atoms with E-state index in [1.165, 1.54) is 6.07 Å². The van der Waals surface area contributed by atoms with Gasteiger partial charge in [-0.1, -0.05) is 55.1 Å². The van der Waals surface area contributed by atoms with Gasteiger partial charge in [0.25, 0.3) is 0 Å². The van der Waals surface area contributed by atoms with Gasteiger partial charge >= 0.3 is 5.97 Å². The van der Waals surface area contributed by atoms with Crippen molar-refractivity contribution in [1.29, 1.82) is 0 Å². The molecule has 1 aromatic carbocycles. The van der Waals surface area contributed by atoms with Crippen LogP contribution in [0.4, 0.5) is 5.69 Å². The normalized spacial score (nSPS) is 11.5. The Morgan fingerprint density at radius 1 is 1.12 bits per heavy atom. The number of benzene rings is 1. The summed E-state index contributed by atoms with van der Waals surface area (Å²) < 4.78 is 0. The second kappa shape index (κ2) is 9.92. The van der Waals surface area contributed by atoms with Crippen molar-refractivity contribution in [3.8, 4) is 0 Å². The zero-order valence-corrected chi connectivity index (χ0v) is 15.9. The summed E-state index contributed by atoms with van der Waals surface area (Å²) in [5.74, 6) is -1.30. The summed E-state index contributed by atoms with van der Waals surface area (Å²) in [5.41, 5.74) is 1.15. The first-order chi connectivity index (χ1) is 11.3. The standard InChI is InChI=1S/C17H20Cl3NO3/c1-3-5-7-10(8-14(23)24)15-11(18)9-12(19)17(16(15)20)21-13(22)6-4-2/h8-9H,3-7H2,1-2H3,(H,21,22)(H,23,24). The van der Waals surface area contributed by atoms with Crippen LogP contribution in [-0.4, -0.2) is 17.0 Å². The maximum atomic E-state index is 11.9. The van der Waals surface area contributed by atoms with E-state index in [1.54, 1.807) is 0 Å². The molecule has 132 valence electrons. The predicted molar refractivity (Wildman–Crippen MR) is 100 cm³/mol. The lowest BCUT2D eigenvalue weighted by Crippen LogP contribution is -2.12. The number of carboxylic acid groups (broad SMARTS) is 1. The van der Waals surface area contributed by atoms with Crippen LogP contribution in [0.3, 0.4) is 0 Å². The highest BCUT2D eigenvalue weighted by Gasteiger charge is 2.20. The van der Waals surface area contributed by atoms with Crippen LogP contribution in [0.1, 0.15) is 51.5 Å². The molecule has 0 aliphatic rings. The summed E-state index contributed by atoms with van der Waals surface area (Å²) in [7, 11) is 0. The Labute approximate surface area is 156 Å². The molecule has 0 bridgehead atoms. The molecule has 0 aliphatic heterocycles. The summed E-state index contributed by atoms with van der Waals surface area (Å²) in [4.78, 5) is 23.0. The number of aliphatic carboxylic acids is 1. The summed E-state index contributed by atoms with van der Waals surface area (Å²) in [6.07, 6.45) is 4.28. The van der Waals surface area contributed by atoms with Crippen LogP contribution >= 0.6 is 34.8 Å². The highest BCUT2D eigenvalue weighted by Crippen LogP contribution is 2.42. The molecule has 1 amide bonds. The largest absolute Gasteiger partial charge is 0.478 e. The van der Waals surface area contributed by atoms with E-state index in [1.807, 2.05) is 13.8 Å². The summed E-state index contributed by atoms with van der Waals surface area (Å²) >= 11 is 18.8. The van der Waals surface area contributed by atoms with E-state index in [-0.39, 0.29) is 26.7 Å². The molecular weight excluding hydrogens is 373 g/mol. The SMILES string of the molecule is CCCCC(=CC(=O)O)c1c(Cl)cc(Cl)c(NC(=O)CCC)c1Cl. The number of halogens is 3. The van der Waals surface area contributed by atoms with Crippen LogP contribution in [0, 0.1) is 0 Å². The zero-order chi connectivity index (χ0) is 18.3. The molecule has 7 heteroatoms. The van der Waals surface area contributed by atoms with E-state index in [2.05, 4.69) is 5.32 Å². The average molecular weight is 393 g/mol. The molecule has 0 aromatic heterocycles. The van der Waals surface area contributed by atoms with E-state index < -0.39 is 5.97 Å². The topological polar surface area (TPSA) is 66.4 Å². The monoisotopic (exact) mass is 391 g/mol. The minimum atomic E-state index is -1.08. The molecule has 4 nitrogen and oxygen atoms in total. The number of hydrogen-bond donors (Lipinski definition) is 2. The van der Waals surface area contributed by atoms with E-state index >= 15 is 0 Å². The fourth-order valence-electron chi connectivity index (χ4n) is 2.21. The Balaban J connectivity index is 3.40. The van der Waals surface area contributed by atoms with Gasteiger partial charge in [-0.3, -0.25) is 4.79 Å². The van der Waals surface area contributed by atoms with E-state index in [4.69, 9.17) is 39.9 Å². The molecular formula is C17H20Cl3NO3. The molecule has 0 unspecified atom stereocenters. The molecule has 0 fully saturated rings.